The van der Waals surface area contributed by atoms with Gasteiger partial charge in [0.1, 0.15) is 0 Å². The highest BCUT2D eigenvalue weighted by Crippen LogP contribution is 2.05. The summed E-state index contributed by atoms with van der Waals surface area (Å²) in [4.78, 5) is 11.8. The fourth-order valence-electron chi connectivity index (χ4n) is 0.0422. The molecule has 0 aromatic heterocycles. The normalized spacial score (nSPS) is 12.5. The van der Waals surface area contributed by atoms with E-state index in [0.717, 1.165) is 0 Å². The maximum absolute atomic E-state index is 9.30. The quantitative estimate of drug-likeness (QED) is 0.208. The molecule has 0 heterocycles. The molecule has 0 aliphatic heterocycles. The van der Waals surface area contributed by atoms with E-state index in [-0.39, 0.29) is 0 Å². The van der Waals surface area contributed by atoms with E-state index in [9.17, 15) is 9.46 Å². The van der Waals surface area contributed by atoms with Gasteiger partial charge in [0.2, 0.25) is 0 Å². The van der Waals surface area contributed by atoms with Gasteiger partial charge >= 0.3 is 8.18 Å². The van der Waals surface area contributed by atoms with Crippen molar-refractivity contribution in [2.75, 3.05) is 0 Å². The predicted molar refractivity (Wildman–Crippen MR) is 16.6 cm³/mol. The second kappa shape index (κ2) is 2.68. The number of hydrogen-bond acceptors (Lipinski definition) is 3. The van der Waals surface area contributed by atoms with Crippen LogP contribution in [0, 0.1) is 0 Å². The van der Waals surface area contributed by atoms with Gasteiger partial charge in [-0.25, -0.2) is 0 Å². The molecule has 0 aromatic rings. The first-order chi connectivity index (χ1) is 2.77. The third-order valence-electron chi connectivity index (χ3n) is 0.125. The zero-order valence-electron chi connectivity index (χ0n) is 2.74. The highest BCUT2D eigenvalue weighted by molar-refractivity contribution is 7.34. The summed E-state index contributed by atoms with van der Waals surface area (Å²) >= 11 is 0. The standard InChI is InChI=1S/H2N3O2P/c1-2-3-6(4)5/h(H2,1,3,4,5). The van der Waals surface area contributed by atoms with E-state index in [1.54, 1.807) is 0 Å². The SMILES string of the molecule is NN=N[P+](=O)[O-]. The lowest BCUT2D eigenvalue weighted by atomic mass is 12.8. The van der Waals surface area contributed by atoms with Crippen molar-refractivity contribution < 1.29 is 9.46 Å². The smallest absolute Gasteiger partial charge is 0.485 e. The number of rotatable bonds is 1. The number of hydrogen-bond donors (Lipinski definition) is 1. The largest absolute Gasteiger partial charge is 0.570 e. The monoisotopic (exact) mass is 107 g/mol. The molecule has 1 unspecified atom stereocenters. The Balaban J connectivity index is 3.30. The van der Waals surface area contributed by atoms with Crippen molar-refractivity contribution in [1.29, 1.82) is 0 Å². The summed E-state index contributed by atoms with van der Waals surface area (Å²) in [5, 5.41) is 2.46. The van der Waals surface area contributed by atoms with E-state index in [1.165, 1.54) is 0 Å². The van der Waals surface area contributed by atoms with Crippen LogP contribution in [0.2, 0.25) is 0 Å². The molecule has 0 aromatic carbocycles. The molecule has 0 aliphatic carbocycles. The fourth-order valence-corrected chi connectivity index (χ4v) is 0.126. The van der Waals surface area contributed by atoms with E-state index in [2.05, 4.69) is 16.0 Å². The molecular weight excluding hydrogens is 105 g/mol. The Hall–Kier alpha value is -0.540. The lowest BCUT2D eigenvalue weighted by Gasteiger charge is -1.64. The van der Waals surface area contributed by atoms with E-state index < -0.39 is 8.18 Å². The van der Waals surface area contributed by atoms with Crippen molar-refractivity contribution in [2.45, 2.75) is 0 Å². The highest BCUT2D eigenvalue weighted by Gasteiger charge is 1.87. The fraction of sp³-hybridized carbons (Fsp3) is 0. The lowest BCUT2D eigenvalue weighted by Crippen LogP contribution is -1.81. The van der Waals surface area contributed by atoms with Crippen LogP contribution in [0.3, 0.4) is 0 Å². The summed E-state index contributed by atoms with van der Waals surface area (Å²) in [7, 11) is -2.77. The van der Waals surface area contributed by atoms with Gasteiger partial charge in [-0.1, -0.05) is 0 Å². The minimum atomic E-state index is -2.77. The van der Waals surface area contributed by atoms with E-state index >= 15 is 0 Å². The molecule has 0 saturated carbocycles. The van der Waals surface area contributed by atoms with Crippen LogP contribution in [0.4, 0.5) is 0 Å². The predicted octanol–water partition coefficient (Wildman–Crippen LogP) is -0.670. The third-order valence-corrected chi connectivity index (χ3v) is 0.374. The molecule has 0 bridgehead atoms. The molecule has 5 nitrogen and oxygen atoms in total. The van der Waals surface area contributed by atoms with Gasteiger partial charge in [0.25, 0.3) is 0 Å². The third kappa shape index (κ3) is 3.46. The Morgan fingerprint density at radius 2 is 2.33 bits per heavy atom. The zero-order valence-corrected chi connectivity index (χ0v) is 3.63. The topological polar surface area (TPSA) is 90.9 Å². The molecule has 0 saturated heterocycles. The molecule has 0 fully saturated rings. The van der Waals surface area contributed by atoms with Crippen LogP contribution in [0.5, 0.6) is 0 Å². The van der Waals surface area contributed by atoms with Crippen LogP contribution in [-0.4, -0.2) is 0 Å². The molecule has 34 valence electrons. The summed E-state index contributed by atoms with van der Waals surface area (Å²) in [5.41, 5.74) is 0. The Morgan fingerprint density at radius 1 is 1.83 bits per heavy atom. The van der Waals surface area contributed by atoms with Gasteiger partial charge in [-0.2, -0.15) is 0 Å². The summed E-state index contributed by atoms with van der Waals surface area (Å²) in [6.45, 7) is 0. The Morgan fingerprint density at radius 3 is 2.33 bits per heavy atom. The minimum absolute atomic E-state index is 2.46. The summed E-state index contributed by atoms with van der Waals surface area (Å²) in [5.74, 6) is 4.30. The Bertz CT molecular complexity index is 76.9. The first-order valence-corrected chi connectivity index (χ1v) is 2.15. The average molecular weight is 107 g/mol. The Kier molecular flexibility index (Phi) is 2.44. The van der Waals surface area contributed by atoms with Crippen LogP contribution in [0.15, 0.2) is 10.1 Å². The number of nitrogens with two attached hydrogens (primary N) is 1. The van der Waals surface area contributed by atoms with Gasteiger partial charge < -0.3 is 10.7 Å². The first-order valence-electron chi connectivity index (χ1n) is 1.02. The molecule has 0 radical (unpaired) electrons. The van der Waals surface area contributed by atoms with Gasteiger partial charge in [0.15, 0.2) is 0 Å². The maximum Gasteiger partial charge on any atom is 0.485 e. The van der Waals surface area contributed by atoms with E-state index in [0.29, 0.717) is 0 Å². The van der Waals surface area contributed by atoms with Crippen molar-refractivity contribution in [3.05, 3.63) is 0 Å². The lowest BCUT2D eigenvalue weighted by molar-refractivity contribution is -0.164. The van der Waals surface area contributed by atoms with Gasteiger partial charge in [-0.05, 0) is 9.79 Å². The van der Waals surface area contributed by atoms with Crippen LogP contribution < -0.4 is 10.7 Å². The molecule has 0 spiro atoms. The van der Waals surface area contributed by atoms with Gasteiger partial charge in [0.05, 0.1) is 4.88 Å². The second-order valence-corrected chi connectivity index (χ2v) is 1.10. The van der Waals surface area contributed by atoms with E-state index in [4.69, 9.17) is 0 Å². The van der Waals surface area contributed by atoms with Gasteiger partial charge in [-0.15, -0.1) is 0 Å². The molecule has 6 heavy (non-hydrogen) atoms. The highest BCUT2D eigenvalue weighted by atomic mass is 31.1. The summed E-state index contributed by atoms with van der Waals surface area (Å²) in [6.07, 6.45) is 0. The molecule has 1 atom stereocenters. The van der Waals surface area contributed by atoms with E-state index in [1.807, 2.05) is 0 Å². The maximum atomic E-state index is 9.30. The van der Waals surface area contributed by atoms with Gasteiger partial charge in [-0.3, -0.25) is 0 Å². The van der Waals surface area contributed by atoms with Crippen molar-refractivity contribution in [3.63, 3.8) is 0 Å². The molecular formula is H2N3O2P. The molecule has 0 rings (SSSR count). The van der Waals surface area contributed by atoms with Crippen molar-refractivity contribution in [2.24, 2.45) is 16.0 Å². The van der Waals surface area contributed by atoms with Crippen LogP contribution >= 0.6 is 8.18 Å². The van der Waals surface area contributed by atoms with Crippen LogP contribution in [-0.2, 0) is 4.57 Å². The number of nitrogens with zero attached hydrogens (tertiary/aromatic N) is 2. The van der Waals surface area contributed by atoms with Crippen molar-refractivity contribution in [1.82, 2.24) is 0 Å². The van der Waals surface area contributed by atoms with Crippen molar-refractivity contribution in [3.8, 4) is 0 Å². The van der Waals surface area contributed by atoms with Crippen LogP contribution in [0.1, 0.15) is 0 Å². The van der Waals surface area contributed by atoms with Crippen molar-refractivity contribution >= 4 is 8.18 Å². The molecule has 0 aliphatic rings. The van der Waals surface area contributed by atoms with Crippen LogP contribution in [0.25, 0.3) is 0 Å². The summed E-state index contributed by atoms with van der Waals surface area (Å²) in [6, 6.07) is 0. The minimum Gasteiger partial charge on any atom is -0.570 e. The Labute approximate surface area is 34.8 Å². The molecule has 0 amide bonds. The van der Waals surface area contributed by atoms with Gasteiger partial charge in [0, 0.05) is 0 Å². The average Bonchev–Trinajstić information content (AvgIpc) is 1.35. The first kappa shape index (κ1) is 5.46. The molecule has 2 N–H and O–H groups in total. The zero-order chi connectivity index (χ0) is 4.99. The summed E-state index contributed by atoms with van der Waals surface area (Å²) < 4.78 is 9.30. The molecule has 6 heteroatoms. The second-order valence-electron chi connectivity index (χ2n) is 0.443.